The lowest BCUT2D eigenvalue weighted by Gasteiger charge is -2.28. The average Bonchev–Trinajstić information content (AvgIpc) is 2.79. The van der Waals surface area contributed by atoms with E-state index < -0.39 is 0 Å². The standard InChI is InChI=1S/C26H23NO3/c1-18(19-8-4-2-5-9-19)15-27-16-23-24(29-17-27)13-12-21-22(14-25(28)30-26(21)23)20-10-6-3-7-11-20/h2-14,18H,15-17H2,1H3/p+1/t18-/m1/s1. The van der Waals surface area contributed by atoms with Gasteiger partial charge in [0.2, 0.25) is 6.73 Å². The second-order valence-corrected chi connectivity index (χ2v) is 8.00. The Morgan fingerprint density at radius 3 is 2.47 bits per heavy atom. The van der Waals surface area contributed by atoms with E-state index in [2.05, 4.69) is 31.2 Å². The molecular weight excluding hydrogens is 374 g/mol. The Hall–Kier alpha value is -3.37. The van der Waals surface area contributed by atoms with Crippen molar-refractivity contribution in [2.24, 2.45) is 0 Å². The van der Waals surface area contributed by atoms with Crippen LogP contribution < -0.4 is 15.3 Å². The minimum Gasteiger partial charge on any atom is -0.445 e. The van der Waals surface area contributed by atoms with Crippen molar-refractivity contribution >= 4 is 11.0 Å². The van der Waals surface area contributed by atoms with Crippen molar-refractivity contribution in [1.82, 2.24) is 0 Å². The summed E-state index contributed by atoms with van der Waals surface area (Å²) in [5.74, 6) is 1.22. The predicted molar refractivity (Wildman–Crippen MR) is 118 cm³/mol. The molecule has 4 nitrogen and oxygen atoms in total. The highest BCUT2D eigenvalue weighted by Crippen LogP contribution is 2.34. The van der Waals surface area contributed by atoms with E-state index in [1.165, 1.54) is 10.5 Å². The second-order valence-electron chi connectivity index (χ2n) is 8.00. The minimum atomic E-state index is -0.334. The van der Waals surface area contributed by atoms with Crippen molar-refractivity contribution in [2.75, 3.05) is 13.3 Å². The zero-order chi connectivity index (χ0) is 20.5. The van der Waals surface area contributed by atoms with Gasteiger partial charge in [0.25, 0.3) is 0 Å². The number of rotatable bonds is 4. The number of ether oxygens (including phenoxy) is 1. The van der Waals surface area contributed by atoms with Crippen LogP contribution in [0.5, 0.6) is 5.75 Å². The zero-order valence-corrected chi connectivity index (χ0v) is 16.9. The first-order chi connectivity index (χ1) is 14.7. The third-order valence-electron chi connectivity index (χ3n) is 5.88. The van der Waals surface area contributed by atoms with Crippen molar-refractivity contribution in [2.45, 2.75) is 19.4 Å². The van der Waals surface area contributed by atoms with Gasteiger partial charge in [0.15, 0.2) is 5.58 Å². The van der Waals surface area contributed by atoms with Gasteiger partial charge in [-0.3, -0.25) is 4.90 Å². The molecule has 0 fully saturated rings. The molecule has 30 heavy (non-hydrogen) atoms. The van der Waals surface area contributed by atoms with Crippen molar-refractivity contribution < 1.29 is 14.1 Å². The summed E-state index contributed by atoms with van der Waals surface area (Å²) in [4.78, 5) is 13.7. The van der Waals surface area contributed by atoms with Gasteiger partial charge < -0.3 is 9.15 Å². The lowest BCUT2D eigenvalue weighted by molar-refractivity contribution is -0.933. The number of nitrogens with one attached hydrogen (secondary N) is 1. The predicted octanol–water partition coefficient (Wildman–Crippen LogP) is 4.00. The highest BCUT2D eigenvalue weighted by atomic mass is 16.5. The van der Waals surface area contributed by atoms with E-state index >= 15 is 0 Å². The van der Waals surface area contributed by atoms with Crippen molar-refractivity contribution in [1.29, 1.82) is 0 Å². The van der Waals surface area contributed by atoms with E-state index in [0.29, 0.717) is 18.2 Å². The Balaban J connectivity index is 1.52. The molecule has 0 saturated carbocycles. The molecule has 0 radical (unpaired) electrons. The summed E-state index contributed by atoms with van der Waals surface area (Å²) in [6, 6.07) is 26.1. The molecule has 0 aliphatic carbocycles. The normalized spacial score (nSPS) is 16.6. The van der Waals surface area contributed by atoms with Gasteiger partial charge in [-0.25, -0.2) is 4.79 Å². The fourth-order valence-corrected chi connectivity index (χ4v) is 4.37. The minimum absolute atomic E-state index is 0.334. The van der Waals surface area contributed by atoms with E-state index in [0.717, 1.165) is 40.9 Å². The fourth-order valence-electron chi connectivity index (χ4n) is 4.37. The van der Waals surface area contributed by atoms with Crippen LogP contribution in [0.25, 0.3) is 22.1 Å². The van der Waals surface area contributed by atoms with Gasteiger partial charge in [0.1, 0.15) is 12.3 Å². The second kappa shape index (κ2) is 7.81. The molecule has 1 aliphatic rings. The zero-order valence-electron chi connectivity index (χ0n) is 16.9. The van der Waals surface area contributed by atoms with Gasteiger partial charge in [-0.15, -0.1) is 0 Å². The molecule has 4 aromatic rings. The van der Waals surface area contributed by atoms with E-state index in [9.17, 15) is 4.79 Å². The van der Waals surface area contributed by atoms with Gasteiger partial charge in [-0.05, 0) is 28.8 Å². The Morgan fingerprint density at radius 2 is 1.70 bits per heavy atom. The average molecular weight is 398 g/mol. The summed E-state index contributed by atoms with van der Waals surface area (Å²) >= 11 is 0. The van der Waals surface area contributed by atoms with E-state index in [4.69, 9.17) is 9.15 Å². The number of hydrogen-bond donors (Lipinski definition) is 1. The molecule has 0 amide bonds. The summed E-state index contributed by atoms with van der Waals surface area (Å²) in [7, 11) is 0. The van der Waals surface area contributed by atoms with Crippen LogP contribution in [0.15, 0.2) is 88.1 Å². The molecule has 5 rings (SSSR count). The van der Waals surface area contributed by atoms with Crippen LogP contribution in [0, 0.1) is 0 Å². The summed E-state index contributed by atoms with van der Waals surface area (Å²) < 4.78 is 11.8. The maximum absolute atomic E-state index is 12.4. The van der Waals surface area contributed by atoms with E-state index in [-0.39, 0.29) is 5.63 Å². The molecule has 1 N–H and O–H groups in total. The molecule has 0 bridgehead atoms. The third-order valence-corrected chi connectivity index (χ3v) is 5.88. The first-order valence-corrected chi connectivity index (χ1v) is 10.4. The Labute approximate surface area is 175 Å². The van der Waals surface area contributed by atoms with Gasteiger partial charge >= 0.3 is 5.63 Å². The lowest BCUT2D eigenvalue weighted by Crippen LogP contribution is -3.12. The molecule has 1 aromatic heterocycles. The molecule has 3 aromatic carbocycles. The van der Waals surface area contributed by atoms with Gasteiger partial charge in [-0.1, -0.05) is 67.6 Å². The molecule has 0 saturated heterocycles. The SMILES string of the molecule is C[C@H](C[NH+]1COc2ccc3c(-c4ccccc4)cc(=O)oc3c2C1)c1ccccc1. The molecular formula is C26H24NO3+. The molecule has 2 heterocycles. The van der Waals surface area contributed by atoms with Crippen molar-refractivity contribution in [3.63, 3.8) is 0 Å². The molecule has 1 aliphatic heterocycles. The summed E-state index contributed by atoms with van der Waals surface area (Å²) in [6.07, 6.45) is 0. The largest absolute Gasteiger partial charge is 0.445 e. The Bertz CT molecular complexity index is 1230. The summed E-state index contributed by atoms with van der Waals surface area (Å²) in [5, 5.41) is 0.945. The van der Waals surface area contributed by atoms with Crippen LogP contribution in [-0.4, -0.2) is 13.3 Å². The van der Waals surface area contributed by atoms with E-state index in [1.807, 2.05) is 48.5 Å². The van der Waals surface area contributed by atoms with Crippen LogP contribution in [0.1, 0.15) is 24.0 Å². The lowest BCUT2D eigenvalue weighted by atomic mass is 9.98. The third kappa shape index (κ3) is 3.51. The van der Waals surface area contributed by atoms with Crippen molar-refractivity contribution in [3.8, 4) is 16.9 Å². The highest BCUT2D eigenvalue weighted by Gasteiger charge is 2.26. The molecule has 1 unspecified atom stereocenters. The molecule has 0 spiro atoms. The first kappa shape index (κ1) is 18.6. The maximum Gasteiger partial charge on any atom is 0.336 e. The Morgan fingerprint density at radius 1 is 0.967 bits per heavy atom. The number of hydrogen-bond acceptors (Lipinski definition) is 3. The molecule has 4 heteroatoms. The number of fused-ring (bicyclic) bond motifs is 3. The van der Waals surface area contributed by atoms with Gasteiger partial charge in [-0.2, -0.15) is 0 Å². The van der Waals surface area contributed by atoms with Crippen LogP contribution in [0.4, 0.5) is 0 Å². The monoisotopic (exact) mass is 398 g/mol. The van der Waals surface area contributed by atoms with Crippen LogP contribution in [0.2, 0.25) is 0 Å². The van der Waals surface area contributed by atoms with Crippen LogP contribution in [0.3, 0.4) is 0 Å². The molecule has 150 valence electrons. The van der Waals surface area contributed by atoms with E-state index in [1.54, 1.807) is 6.07 Å². The summed E-state index contributed by atoms with van der Waals surface area (Å²) in [5.41, 5.74) is 4.52. The van der Waals surface area contributed by atoms with Gasteiger partial charge in [0, 0.05) is 17.4 Å². The fraction of sp³-hybridized carbons (Fsp3) is 0.192. The highest BCUT2D eigenvalue weighted by molar-refractivity contribution is 5.95. The van der Waals surface area contributed by atoms with Crippen molar-refractivity contribution in [3.05, 3.63) is 100 Å². The number of quaternary nitrogens is 1. The van der Waals surface area contributed by atoms with Gasteiger partial charge in [0.05, 0.1) is 12.1 Å². The first-order valence-electron chi connectivity index (χ1n) is 10.4. The number of benzene rings is 3. The Kier molecular flexibility index (Phi) is 4.85. The maximum atomic E-state index is 12.4. The molecule has 2 atom stereocenters. The van der Waals surface area contributed by atoms with Crippen LogP contribution >= 0.6 is 0 Å². The quantitative estimate of drug-likeness (QED) is 0.529. The summed E-state index contributed by atoms with van der Waals surface area (Å²) in [6.45, 7) is 4.57. The topological polar surface area (TPSA) is 43.9 Å². The smallest absolute Gasteiger partial charge is 0.336 e. The van der Waals surface area contributed by atoms with Crippen LogP contribution in [-0.2, 0) is 6.54 Å².